The molecule has 0 saturated heterocycles. The number of hydrogen-bond acceptors (Lipinski definition) is 3. The average Bonchev–Trinajstić information content (AvgIpc) is 2.55. The number of Topliss-reactive ketones (excluding diaryl/α,β-unsaturated/α-hetero) is 1. The van der Waals surface area contributed by atoms with Crippen molar-refractivity contribution in [2.24, 2.45) is 0 Å². The Balaban J connectivity index is 1.89. The molecule has 0 amide bonds. The van der Waals surface area contributed by atoms with Crippen molar-refractivity contribution in [1.29, 1.82) is 0 Å². The SMILES string of the molecule is Cc1cccc2c1N(S(=O)(=O)CCc1ccccc1)CCC2=O. The number of ketones is 1. The third kappa shape index (κ3) is 3.15. The van der Waals surface area contributed by atoms with Crippen molar-refractivity contribution >= 4 is 21.5 Å². The van der Waals surface area contributed by atoms with Gasteiger partial charge in [-0.3, -0.25) is 9.10 Å². The Morgan fingerprint density at radius 1 is 1.04 bits per heavy atom. The number of aryl methyl sites for hydroxylation is 2. The molecular formula is C18H19NO3S. The zero-order chi connectivity index (χ0) is 16.4. The molecule has 0 radical (unpaired) electrons. The fourth-order valence-corrected chi connectivity index (χ4v) is 4.55. The molecule has 0 bridgehead atoms. The topological polar surface area (TPSA) is 54.5 Å². The molecule has 5 heteroatoms. The first kappa shape index (κ1) is 15.7. The molecule has 2 aromatic rings. The number of nitrogens with zero attached hydrogens (tertiary/aromatic N) is 1. The smallest absolute Gasteiger partial charge is 0.235 e. The molecule has 0 atom stereocenters. The molecule has 0 aromatic heterocycles. The maximum Gasteiger partial charge on any atom is 0.235 e. The summed E-state index contributed by atoms with van der Waals surface area (Å²) in [6, 6.07) is 14.9. The first-order chi connectivity index (χ1) is 11.0. The van der Waals surface area contributed by atoms with E-state index in [2.05, 4.69) is 0 Å². The van der Waals surface area contributed by atoms with Crippen LogP contribution in [0.4, 0.5) is 5.69 Å². The maximum atomic E-state index is 12.8. The van der Waals surface area contributed by atoms with E-state index in [4.69, 9.17) is 0 Å². The second kappa shape index (κ2) is 6.16. The number of benzene rings is 2. The zero-order valence-corrected chi connectivity index (χ0v) is 13.8. The number of sulfonamides is 1. The predicted molar refractivity (Wildman–Crippen MR) is 91.4 cm³/mol. The molecule has 0 aliphatic carbocycles. The van der Waals surface area contributed by atoms with Crippen LogP contribution < -0.4 is 4.31 Å². The van der Waals surface area contributed by atoms with Crippen LogP contribution in [0.2, 0.25) is 0 Å². The van der Waals surface area contributed by atoms with Gasteiger partial charge in [0.25, 0.3) is 0 Å². The third-order valence-corrected chi connectivity index (χ3v) is 5.91. The van der Waals surface area contributed by atoms with Crippen LogP contribution in [0, 0.1) is 6.92 Å². The quantitative estimate of drug-likeness (QED) is 0.866. The summed E-state index contributed by atoms with van der Waals surface area (Å²) in [6.45, 7) is 2.07. The van der Waals surface area contributed by atoms with Crippen LogP contribution in [0.3, 0.4) is 0 Å². The molecule has 120 valence electrons. The summed E-state index contributed by atoms with van der Waals surface area (Å²) in [5, 5.41) is 0. The Kier molecular flexibility index (Phi) is 4.22. The lowest BCUT2D eigenvalue weighted by Crippen LogP contribution is -2.39. The van der Waals surface area contributed by atoms with Crippen molar-refractivity contribution in [2.45, 2.75) is 19.8 Å². The molecule has 3 rings (SSSR count). The van der Waals surface area contributed by atoms with Crippen molar-refractivity contribution in [3.05, 3.63) is 65.2 Å². The minimum Gasteiger partial charge on any atom is -0.294 e. The van der Waals surface area contributed by atoms with Gasteiger partial charge in [0.2, 0.25) is 10.0 Å². The number of anilines is 1. The van der Waals surface area contributed by atoms with Gasteiger partial charge in [0, 0.05) is 18.5 Å². The van der Waals surface area contributed by atoms with Crippen molar-refractivity contribution in [1.82, 2.24) is 0 Å². The number of rotatable bonds is 4. The van der Waals surface area contributed by atoms with Gasteiger partial charge in [-0.05, 0) is 30.5 Å². The van der Waals surface area contributed by atoms with E-state index in [0.29, 0.717) is 17.7 Å². The van der Waals surface area contributed by atoms with Crippen LogP contribution in [0.25, 0.3) is 0 Å². The Morgan fingerprint density at radius 3 is 2.52 bits per heavy atom. The highest BCUT2D eigenvalue weighted by molar-refractivity contribution is 7.92. The second-order valence-electron chi connectivity index (χ2n) is 5.77. The molecule has 1 heterocycles. The molecule has 23 heavy (non-hydrogen) atoms. The normalized spacial score (nSPS) is 14.7. The van der Waals surface area contributed by atoms with Crippen molar-refractivity contribution in [2.75, 3.05) is 16.6 Å². The van der Waals surface area contributed by atoms with Crippen LogP contribution in [-0.4, -0.2) is 26.5 Å². The number of carbonyl (C=O) groups is 1. The summed E-state index contributed by atoms with van der Waals surface area (Å²) in [6.07, 6.45) is 0.704. The van der Waals surface area contributed by atoms with Gasteiger partial charge in [0.15, 0.2) is 5.78 Å². The Morgan fingerprint density at radius 2 is 1.78 bits per heavy atom. The van der Waals surface area contributed by atoms with Crippen LogP contribution in [0.5, 0.6) is 0 Å². The van der Waals surface area contributed by atoms with Crippen molar-refractivity contribution in [3.8, 4) is 0 Å². The largest absolute Gasteiger partial charge is 0.294 e. The van der Waals surface area contributed by atoms with E-state index in [1.54, 1.807) is 12.1 Å². The minimum atomic E-state index is -3.46. The number of hydrogen-bond donors (Lipinski definition) is 0. The van der Waals surface area contributed by atoms with Gasteiger partial charge in [0.1, 0.15) is 0 Å². The van der Waals surface area contributed by atoms with Crippen LogP contribution in [-0.2, 0) is 16.4 Å². The molecule has 1 aliphatic heterocycles. The molecular weight excluding hydrogens is 310 g/mol. The van der Waals surface area contributed by atoms with Crippen LogP contribution >= 0.6 is 0 Å². The highest BCUT2D eigenvalue weighted by Gasteiger charge is 2.31. The molecule has 0 unspecified atom stereocenters. The Bertz CT molecular complexity index is 829. The standard InChI is InChI=1S/C18H19NO3S/c1-14-6-5-9-16-17(20)10-12-19(18(14)16)23(21,22)13-11-15-7-3-2-4-8-15/h2-9H,10-13H2,1H3. The van der Waals surface area contributed by atoms with E-state index < -0.39 is 10.0 Å². The molecule has 4 nitrogen and oxygen atoms in total. The summed E-state index contributed by atoms with van der Waals surface area (Å²) in [4.78, 5) is 12.1. The highest BCUT2D eigenvalue weighted by atomic mass is 32.2. The van der Waals surface area contributed by atoms with Gasteiger partial charge in [-0.25, -0.2) is 8.42 Å². The van der Waals surface area contributed by atoms with Crippen LogP contribution in [0.15, 0.2) is 48.5 Å². The van der Waals surface area contributed by atoms with Gasteiger partial charge in [-0.1, -0.05) is 42.5 Å². The molecule has 1 aliphatic rings. The highest BCUT2D eigenvalue weighted by Crippen LogP contribution is 2.32. The summed E-state index contributed by atoms with van der Waals surface area (Å²) >= 11 is 0. The number of fused-ring (bicyclic) bond motifs is 1. The molecule has 0 N–H and O–H groups in total. The summed E-state index contributed by atoms with van der Waals surface area (Å²) < 4.78 is 27.0. The lowest BCUT2D eigenvalue weighted by molar-refractivity contribution is 0.0982. The zero-order valence-electron chi connectivity index (χ0n) is 13.0. The monoisotopic (exact) mass is 329 g/mol. The Hall–Kier alpha value is -2.14. The third-order valence-electron chi connectivity index (χ3n) is 4.16. The maximum absolute atomic E-state index is 12.8. The first-order valence-electron chi connectivity index (χ1n) is 7.66. The minimum absolute atomic E-state index is 0.0122. The molecule has 0 fully saturated rings. The van der Waals surface area contributed by atoms with Gasteiger partial charge in [-0.2, -0.15) is 0 Å². The first-order valence-corrected chi connectivity index (χ1v) is 9.27. The van der Waals surface area contributed by atoms with Gasteiger partial charge >= 0.3 is 0 Å². The number of para-hydroxylation sites is 1. The van der Waals surface area contributed by atoms with E-state index in [0.717, 1.165) is 11.1 Å². The second-order valence-corrected chi connectivity index (χ2v) is 7.78. The van der Waals surface area contributed by atoms with Crippen molar-refractivity contribution in [3.63, 3.8) is 0 Å². The lowest BCUT2D eigenvalue weighted by atomic mass is 9.99. The van der Waals surface area contributed by atoms with Gasteiger partial charge in [-0.15, -0.1) is 0 Å². The Labute approximate surface area is 136 Å². The average molecular weight is 329 g/mol. The van der Waals surface area contributed by atoms with E-state index in [1.165, 1.54) is 4.31 Å². The van der Waals surface area contributed by atoms with E-state index >= 15 is 0 Å². The fraction of sp³-hybridized carbons (Fsp3) is 0.278. The summed E-state index contributed by atoms with van der Waals surface area (Å²) in [5.41, 5.74) is 2.88. The molecule has 0 spiro atoms. The number of carbonyl (C=O) groups excluding carboxylic acids is 1. The van der Waals surface area contributed by atoms with Crippen LogP contribution in [0.1, 0.15) is 27.9 Å². The van der Waals surface area contributed by atoms with Gasteiger partial charge in [0.05, 0.1) is 11.4 Å². The summed E-state index contributed by atoms with van der Waals surface area (Å²) in [7, 11) is -3.46. The van der Waals surface area contributed by atoms with E-state index in [9.17, 15) is 13.2 Å². The van der Waals surface area contributed by atoms with Gasteiger partial charge < -0.3 is 0 Å². The fourth-order valence-electron chi connectivity index (χ4n) is 2.94. The summed E-state index contributed by atoms with van der Waals surface area (Å²) in [5.74, 6) is 0.0529. The lowest BCUT2D eigenvalue weighted by Gasteiger charge is -2.31. The molecule has 2 aromatic carbocycles. The predicted octanol–water partition coefficient (Wildman–Crippen LogP) is 2.96. The van der Waals surface area contributed by atoms with Crippen molar-refractivity contribution < 1.29 is 13.2 Å². The molecule has 0 saturated carbocycles. The van der Waals surface area contributed by atoms with E-state index in [-0.39, 0.29) is 24.5 Å². The van der Waals surface area contributed by atoms with E-state index in [1.807, 2.05) is 43.3 Å².